The molecule has 2 atom stereocenters. The zero-order valence-corrected chi connectivity index (χ0v) is 16.2. The molecule has 0 radical (unpaired) electrons. The molecule has 3 amide bonds. The number of nitrogens with zero attached hydrogens (tertiary/aromatic N) is 3. The van der Waals surface area contributed by atoms with E-state index in [-0.39, 0.29) is 5.92 Å². The summed E-state index contributed by atoms with van der Waals surface area (Å²) >= 11 is 2.68. The summed E-state index contributed by atoms with van der Waals surface area (Å²) in [5, 5.41) is 10.9. The summed E-state index contributed by atoms with van der Waals surface area (Å²) < 4.78 is 0.723. The Morgan fingerprint density at radius 3 is 2.35 bits per heavy atom. The van der Waals surface area contributed by atoms with Crippen molar-refractivity contribution in [2.45, 2.75) is 30.6 Å². The lowest BCUT2D eigenvalue weighted by Crippen LogP contribution is -2.50. The fourth-order valence-corrected chi connectivity index (χ4v) is 4.01. The topological polar surface area (TPSA) is 92.3 Å². The summed E-state index contributed by atoms with van der Waals surface area (Å²) in [6.45, 7) is 3.76. The summed E-state index contributed by atoms with van der Waals surface area (Å²) in [5.74, 6) is -1.51. The molecule has 0 aliphatic carbocycles. The molecule has 136 valence electrons. The molecule has 0 saturated carbocycles. The number of aromatic nitrogens is 2. The largest absolute Gasteiger partial charge is 0.299 e. The molecule has 0 saturated heterocycles. The molecule has 2 heterocycles. The van der Waals surface area contributed by atoms with Gasteiger partial charge in [-0.3, -0.25) is 24.6 Å². The number of amides is 3. The number of anilines is 1. The van der Waals surface area contributed by atoms with Gasteiger partial charge in [0.25, 0.3) is 11.8 Å². The molecular weight excluding hydrogens is 372 g/mol. The number of imide groups is 1. The normalized spacial score (nSPS) is 15.7. The molecule has 2 aromatic rings. The maximum atomic E-state index is 12.9. The van der Waals surface area contributed by atoms with Crippen LogP contribution in [0.3, 0.4) is 0 Å². The van der Waals surface area contributed by atoms with Gasteiger partial charge in [-0.2, -0.15) is 0 Å². The molecular formula is C17H18N4O3S2. The Bertz CT molecular complexity index is 832. The zero-order valence-electron chi connectivity index (χ0n) is 14.6. The van der Waals surface area contributed by atoms with Crippen LogP contribution in [-0.4, -0.2) is 45.1 Å². The highest BCUT2D eigenvalue weighted by Gasteiger charge is 2.44. The van der Waals surface area contributed by atoms with Crippen LogP contribution in [0.25, 0.3) is 0 Å². The van der Waals surface area contributed by atoms with Gasteiger partial charge in [0.1, 0.15) is 6.04 Å². The molecule has 9 heteroatoms. The molecule has 26 heavy (non-hydrogen) atoms. The average Bonchev–Trinajstić information content (AvgIpc) is 3.20. The van der Waals surface area contributed by atoms with Crippen molar-refractivity contribution in [3.05, 3.63) is 35.4 Å². The number of carbonyl (C=O) groups is 3. The summed E-state index contributed by atoms with van der Waals surface area (Å²) in [6.07, 6.45) is 2.50. The van der Waals surface area contributed by atoms with Gasteiger partial charge in [0, 0.05) is 0 Å². The van der Waals surface area contributed by atoms with Gasteiger partial charge >= 0.3 is 0 Å². The molecule has 3 rings (SSSR count). The van der Waals surface area contributed by atoms with Crippen molar-refractivity contribution < 1.29 is 14.4 Å². The fourth-order valence-electron chi connectivity index (χ4n) is 2.84. The second kappa shape index (κ2) is 7.55. The Hall–Kier alpha value is -2.26. The molecule has 1 aliphatic rings. The van der Waals surface area contributed by atoms with Gasteiger partial charge < -0.3 is 0 Å². The van der Waals surface area contributed by atoms with Gasteiger partial charge in [0.2, 0.25) is 11.0 Å². The summed E-state index contributed by atoms with van der Waals surface area (Å²) in [5.41, 5.74) is 0.665. The van der Waals surface area contributed by atoms with Crippen molar-refractivity contribution >= 4 is 46.0 Å². The van der Waals surface area contributed by atoms with Crippen LogP contribution < -0.4 is 5.32 Å². The minimum Gasteiger partial charge on any atom is -0.299 e. The lowest BCUT2D eigenvalue weighted by molar-refractivity contribution is -0.121. The highest BCUT2D eigenvalue weighted by atomic mass is 32.2. The molecule has 0 fully saturated rings. The van der Waals surface area contributed by atoms with Crippen LogP contribution in [-0.2, 0) is 4.79 Å². The van der Waals surface area contributed by atoms with Crippen molar-refractivity contribution in [1.82, 2.24) is 15.1 Å². The third kappa shape index (κ3) is 3.24. The Balaban J connectivity index is 1.90. The fraction of sp³-hybridized carbons (Fsp3) is 0.353. The molecule has 1 aromatic carbocycles. The zero-order chi connectivity index (χ0) is 18.8. The van der Waals surface area contributed by atoms with Crippen LogP contribution in [0.2, 0.25) is 0 Å². The van der Waals surface area contributed by atoms with E-state index in [0.29, 0.717) is 22.7 Å². The van der Waals surface area contributed by atoms with E-state index in [9.17, 15) is 14.4 Å². The van der Waals surface area contributed by atoms with Crippen LogP contribution in [0, 0.1) is 5.92 Å². The number of rotatable bonds is 6. The van der Waals surface area contributed by atoms with Crippen LogP contribution in [0.5, 0.6) is 0 Å². The first kappa shape index (κ1) is 18.5. The predicted octanol–water partition coefficient (Wildman–Crippen LogP) is 2.91. The van der Waals surface area contributed by atoms with Gasteiger partial charge in [0.05, 0.1) is 11.1 Å². The Kier molecular flexibility index (Phi) is 5.38. The summed E-state index contributed by atoms with van der Waals surface area (Å²) in [6, 6.07) is 5.72. The highest BCUT2D eigenvalue weighted by molar-refractivity contribution is 8.00. The van der Waals surface area contributed by atoms with Crippen LogP contribution in [0.15, 0.2) is 28.6 Å². The molecule has 2 unspecified atom stereocenters. The third-order valence-corrected chi connectivity index (χ3v) is 6.18. The minimum absolute atomic E-state index is 0.204. The molecule has 1 aliphatic heterocycles. The van der Waals surface area contributed by atoms with Gasteiger partial charge in [-0.05, 0) is 24.3 Å². The summed E-state index contributed by atoms with van der Waals surface area (Å²) in [7, 11) is 0. The maximum Gasteiger partial charge on any atom is 0.262 e. The second-order valence-electron chi connectivity index (χ2n) is 5.92. The highest BCUT2D eigenvalue weighted by Crippen LogP contribution is 2.29. The van der Waals surface area contributed by atoms with Gasteiger partial charge in [-0.25, -0.2) is 0 Å². The molecule has 0 spiro atoms. The number of benzene rings is 1. The van der Waals surface area contributed by atoms with E-state index in [2.05, 4.69) is 15.5 Å². The number of carbonyl (C=O) groups excluding carboxylic acids is 3. The number of hydrogen-bond donors (Lipinski definition) is 1. The molecule has 0 bridgehead atoms. The SMILES string of the molecule is CCC(C)C(C(=O)Nc1nnc(SC)s1)N1C(=O)c2ccccc2C1=O. The predicted molar refractivity (Wildman–Crippen MR) is 101 cm³/mol. The van der Waals surface area contributed by atoms with E-state index < -0.39 is 23.8 Å². The van der Waals surface area contributed by atoms with Gasteiger partial charge in [-0.1, -0.05) is 55.5 Å². The van der Waals surface area contributed by atoms with Crippen molar-refractivity contribution in [3.8, 4) is 0 Å². The van der Waals surface area contributed by atoms with E-state index in [1.807, 2.05) is 20.1 Å². The van der Waals surface area contributed by atoms with Crippen molar-refractivity contribution in [1.29, 1.82) is 0 Å². The van der Waals surface area contributed by atoms with Gasteiger partial charge in [-0.15, -0.1) is 10.2 Å². The second-order valence-corrected chi connectivity index (χ2v) is 7.95. The molecule has 7 nitrogen and oxygen atoms in total. The van der Waals surface area contributed by atoms with Crippen LogP contribution in [0.4, 0.5) is 5.13 Å². The smallest absolute Gasteiger partial charge is 0.262 e. The first-order valence-corrected chi connectivity index (χ1v) is 10.2. The first-order valence-electron chi connectivity index (χ1n) is 8.13. The molecule has 1 N–H and O–H groups in total. The minimum atomic E-state index is -0.908. The molecule has 1 aromatic heterocycles. The number of fused-ring (bicyclic) bond motifs is 1. The summed E-state index contributed by atoms with van der Waals surface area (Å²) in [4.78, 5) is 39.5. The van der Waals surface area contributed by atoms with E-state index in [1.165, 1.54) is 23.1 Å². The van der Waals surface area contributed by atoms with Crippen molar-refractivity contribution in [3.63, 3.8) is 0 Å². The Morgan fingerprint density at radius 1 is 1.23 bits per heavy atom. The standard InChI is InChI=1S/C17H18N4O3S2/c1-4-9(2)12(13(22)18-16-19-20-17(25-3)26-16)21-14(23)10-7-5-6-8-11(10)15(21)24/h5-9,12H,4H2,1-3H3,(H,18,19,22). The number of thioether (sulfide) groups is 1. The first-order chi connectivity index (χ1) is 12.5. The maximum absolute atomic E-state index is 12.9. The number of nitrogens with one attached hydrogen (secondary N) is 1. The third-order valence-electron chi connectivity index (χ3n) is 4.37. The monoisotopic (exact) mass is 390 g/mol. The lowest BCUT2D eigenvalue weighted by atomic mass is 9.96. The quantitative estimate of drug-likeness (QED) is 0.463. The van der Waals surface area contributed by atoms with Crippen LogP contribution in [0.1, 0.15) is 41.0 Å². The van der Waals surface area contributed by atoms with E-state index in [0.717, 1.165) is 9.24 Å². The Labute approximate surface area is 159 Å². The van der Waals surface area contributed by atoms with Crippen LogP contribution >= 0.6 is 23.1 Å². The van der Waals surface area contributed by atoms with Crippen molar-refractivity contribution in [2.24, 2.45) is 5.92 Å². The average molecular weight is 390 g/mol. The van der Waals surface area contributed by atoms with E-state index in [4.69, 9.17) is 0 Å². The van der Waals surface area contributed by atoms with Crippen molar-refractivity contribution in [2.75, 3.05) is 11.6 Å². The lowest BCUT2D eigenvalue weighted by Gasteiger charge is -2.29. The van der Waals surface area contributed by atoms with E-state index in [1.54, 1.807) is 24.3 Å². The van der Waals surface area contributed by atoms with Gasteiger partial charge in [0.15, 0.2) is 4.34 Å². The van der Waals surface area contributed by atoms with E-state index >= 15 is 0 Å². The number of hydrogen-bond acceptors (Lipinski definition) is 7. The Morgan fingerprint density at radius 2 is 1.85 bits per heavy atom.